The molecule has 0 aliphatic carbocycles. The largest absolute Gasteiger partial charge is 0.478 e. The summed E-state index contributed by atoms with van der Waals surface area (Å²) in [4.78, 5) is 22.8. The second-order valence-electron chi connectivity index (χ2n) is 4.51. The first kappa shape index (κ1) is 13.3. The van der Waals surface area contributed by atoms with Gasteiger partial charge in [0.15, 0.2) is 5.78 Å². The minimum Gasteiger partial charge on any atom is -0.478 e. The third-order valence-corrected chi connectivity index (χ3v) is 3.18. The maximum atomic E-state index is 11.6. The number of carbonyl (C=O) groups excluding carboxylic acids is 1. The Bertz CT molecular complexity index is 670. The van der Waals surface area contributed by atoms with Crippen LogP contribution in [0.25, 0.3) is 10.9 Å². The number of fused-ring (bicyclic) bond motifs is 1. The molecule has 0 unspecified atom stereocenters. The van der Waals surface area contributed by atoms with E-state index in [0.29, 0.717) is 23.2 Å². The van der Waals surface area contributed by atoms with Gasteiger partial charge in [-0.1, -0.05) is 0 Å². The van der Waals surface area contributed by atoms with Crippen LogP contribution >= 0.6 is 0 Å². The van der Waals surface area contributed by atoms with E-state index in [4.69, 9.17) is 10.2 Å². The normalized spacial score (nSPS) is 10.9. The zero-order valence-corrected chi connectivity index (χ0v) is 10.8. The van der Waals surface area contributed by atoms with E-state index < -0.39 is 5.97 Å². The van der Waals surface area contributed by atoms with Gasteiger partial charge >= 0.3 is 5.97 Å². The smallest absolute Gasteiger partial charge is 0.336 e. The van der Waals surface area contributed by atoms with Gasteiger partial charge in [-0.3, -0.25) is 4.79 Å². The summed E-state index contributed by atoms with van der Waals surface area (Å²) in [7, 11) is 0. The fourth-order valence-corrected chi connectivity index (χ4v) is 2.25. The van der Waals surface area contributed by atoms with E-state index >= 15 is 0 Å². The summed E-state index contributed by atoms with van der Waals surface area (Å²) in [6, 6.07) is 3.26. The van der Waals surface area contributed by atoms with Crippen molar-refractivity contribution in [2.24, 2.45) is 0 Å². The summed E-state index contributed by atoms with van der Waals surface area (Å²) >= 11 is 0. The lowest BCUT2D eigenvalue weighted by molar-refractivity contribution is 0.0696. The number of hydrogen-bond donors (Lipinski definition) is 2. The molecule has 1 aromatic carbocycles. The molecule has 5 nitrogen and oxygen atoms in total. The lowest BCUT2D eigenvalue weighted by Gasteiger charge is -2.05. The highest BCUT2D eigenvalue weighted by Crippen LogP contribution is 2.26. The Morgan fingerprint density at radius 1 is 1.26 bits per heavy atom. The summed E-state index contributed by atoms with van der Waals surface area (Å²) < 4.78 is 1.71. The zero-order chi connectivity index (χ0) is 14.2. The summed E-state index contributed by atoms with van der Waals surface area (Å²) in [6.07, 6.45) is 1.66. The molecule has 1 heterocycles. The monoisotopic (exact) mass is 261 g/mol. The molecule has 0 fully saturated rings. The molecule has 2 aromatic rings. The predicted molar refractivity (Wildman–Crippen MR) is 70.7 cm³/mol. The van der Waals surface area contributed by atoms with E-state index in [1.54, 1.807) is 29.8 Å². The fraction of sp³-hybridized carbons (Fsp3) is 0.286. The SMILES string of the molecule is CC(=O)c1cn(CCO)c2cc(C(=O)O)c(C)cc12. The number of aromatic carboxylic acids is 1. The van der Waals surface area contributed by atoms with Crippen LogP contribution in [0.2, 0.25) is 0 Å². The molecule has 0 radical (unpaired) electrons. The molecule has 100 valence electrons. The molecule has 0 atom stereocenters. The Balaban J connectivity index is 2.79. The number of aromatic nitrogens is 1. The number of benzene rings is 1. The molecule has 2 N–H and O–H groups in total. The third kappa shape index (κ3) is 2.24. The van der Waals surface area contributed by atoms with Crippen molar-refractivity contribution in [3.05, 3.63) is 35.0 Å². The van der Waals surface area contributed by atoms with Crippen LogP contribution in [-0.4, -0.2) is 33.1 Å². The summed E-state index contributed by atoms with van der Waals surface area (Å²) in [5, 5.41) is 18.9. The van der Waals surface area contributed by atoms with Gasteiger partial charge in [-0.15, -0.1) is 0 Å². The van der Waals surface area contributed by atoms with Gasteiger partial charge in [0, 0.05) is 29.2 Å². The lowest BCUT2D eigenvalue weighted by Crippen LogP contribution is -2.03. The number of carboxylic acid groups (broad SMARTS) is 1. The number of Topliss-reactive ketones (excluding diaryl/α,β-unsaturated/α-hetero) is 1. The van der Waals surface area contributed by atoms with Crippen molar-refractivity contribution in [1.82, 2.24) is 4.57 Å². The highest BCUT2D eigenvalue weighted by atomic mass is 16.4. The topological polar surface area (TPSA) is 79.5 Å². The van der Waals surface area contributed by atoms with E-state index in [9.17, 15) is 9.59 Å². The summed E-state index contributed by atoms with van der Waals surface area (Å²) in [5.41, 5.74) is 2.02. The molecule has 5 heteroatoms. The standard InChI is InChI=1S/C14H15NO4/c1-8-5-11-12(9(2)17)7-15(3-4-16)13(11)6-10(8)14(18)19/h5-7,16H,3-4H2,1-2H3,(H,18,19). The molecule has 0 spiro atoms. The van der Waals surface area contributed by atoms with Crippen molar-refractivity contribution in [1.29, 1.82) is 0 Å². The number of hydrogen-bond acceptors (Lipinski definition) is 3. The molecule has 0 bridgehead atoms. The minimum atomic E-state index is -1.000. The molecule has 0 amide bonds. The molecular formula is C14H15NO4. The van der Waals surface area contributed by atoms with E-state index in [0.717, 1.165) is 5.39 Å². The van der Waals surface area contributed by atoms with Crippen LogP contribution in [0.5, 0.6) is 0 Å². The number of nitrogens with zero attached hydrogens (tertiary/aromatic N) is 1. The van der Waals surface area contributed by atoms with Crippen LogP contribution in [0.3, 0.4) is 0 Å². The van der Waals surface area contributed by atoms with Crippen LogP contribution in [0.4, 0.5) is 0 Å². The number of rotatable bonds is 4. The predicted octanol–water partition coefficient (Wildman–Crippen LogP) is 1.84. The van der Waals surface area contributed by atoms with Gasteiger partial charge in [0.05, 0.1) is 12.2 Å². The van der Waals surface area contributed by atoms with E-state index in [-0.39, 0.29) is 18.0 Å². The van der Waals surface area contributed by atoms with E-state index in [2.05, 4.69) is 0 Å². The lowest BCUT2D eigenvalue weighted by atomic mass is 10.0. The number of aliphatic hydroxyl groups is 1. The van der Waals surface area contributed by atoms with Crippen molar-refractivity contribution >= 4 is 22.7 Å². The van der Waals surface area contributed by atoms with Crippen molar-refractivity contribution in [3.8, 4) is 0 Å². The highest BCUT2D eigenvalue weighted by Gasteiger charge is 2.16. The van der Waals surface area contributed by atoms with E-state index in [1.165, 1.54) is 6.92 Å². The second kappa shape index (κ2) is 4.85. The molecule has 0 saturated carbocycles. The molecule has 19 heavy (non-hydrogen) atoms. The fourth-order valence-electron chi connectivity index (χ4n) is 2.25. The highest BCUT2D eigenvalue weighted by molar-refractivity contribution is 6.08. The number of aryl methyl sites for hydroxylation is 1. The Hall–Kier alpha value is -2.14. The average Bonchev–Trinajstić information content (AvgIpc) is 2.66. The first-order valence-electron chi connectivity index (χ1n) is 5.94. The molecule has 2 rings (SSSR count). The van der Waals surface area contributed by atoms with E-state index in [1.807, 2.05) is 0 Å². The van der Waals surface area contributed by atoms with Gasteiger partial charge in [-0.05, 0) is 31.5 Å². The molecule has 0 aliphatic heterocycles. The first-order valence-corrected chi connectivity index (χ1v) is 5.94. The van der Waals surface area contributed by atoms with Crippen LogP contribution < -0.4 is 0 Å². The van der Waals surface area contributed by atoms with Gasteiger partial charge in [0.25, 0.3) is 0 Å². The summed E-state index contributed by atoms with van der Waals surface area (Å²) in [5.74, 6) is -1.08. The Labute approximate surface area is 110 Å². The summed E-state index contributed by atoms with van der Waals surface area (Å²) in [6.45, 7) is 3.43. The van der Waals surface area contributed by atoms with Crippen LogP contribution in [0, 0.1) is 6.92 Å². The van der Waals surface area contributed by atoms with Crippen molar-refractivity contribution in [2.45, 2.75) is 20.4 Å². The van der Waals surface area contributed by atoms with Crippen LogP contribution in [0.15, 0.2) is 18.3 Å². The Morgan fingerprint density at radius 3 is 2.47 bits per heavy atom. The number of ketones is 1. The van der Waals surface area contributed by atoms with Crippen molar-refractivity contribution < 1.29 is 19.8 Å². The molecule has 0 aliphatic rings. The quantitative estimate of drug-likeness (QED) is 0.823. The minimum absolute atomic E-state index is 0.0720. The number of carbonyl (C=O) groups is 2. The van der Waals surface area contributed by atoms with Gasteiger partial charge in [-0.25, -0.2) is 4.79 Å². The first-order chi connectivity index (χ1) is 8.95. The number of aliphatic hydroxyl groups excluding tert-OH is 1. The van der Waals surface area contributed by atoms with Crippen molar-refractivity contribution in [3.63, 3.8) is 0 Å². The van der Waals surface area contributed by atoms with Crippen LogP contribution in [-0.2, 0) is 6.54 Å². The van der Waals surface area contributed by atoms with Crippen molar-refractivity contribution in [2.75, 3.05) is 6.61 Å². The molecule has 1 aromatic heterocycles. The van der Waals surface area contributed by atoms with Gasteiger partial charge < -0.3 is 14.8 Å². The molecular weight excluding hydrogens is 246 g/mol. The Morgan fingerprint density at radius 2 is 1.95 bits per heavy atom. The van der Waals surface area contributed by atoms with Gasteiger partial charge in [0.1, 0.15) is 0 Å². The third-order valence-electron chi connectivity index (χ3n) is 3.18. The average molecular weight is 261 g/mol. The zero-order valence-electron chi connectivity index (χ0n) is 10.8. The van der Waals surface area contributed by atoms with Gasteiger partial charge in [-0.2, -0.15) is 0 Å². The maximum absolute atomic E-state index is 11.6. The molecule has 0 saturated heterocycles. The Kier molecular flexibility index (Phi) is 3.40. The second-order valence-corrected chi connectivity index (χ2v) is 4.51. The number of carboxylic acids is 1. The van der Waals surface area contributed by atoms with Crippen LogP contribution in [0.1, 0.15) is 33.2 Å². The maximum Gasteiger partial charge on any atom is 0.336 e. The van der Waals surface area contributed by atoms with Gasteiger partial charge in [0.2, 0.25) is 0 Å².